The molecule has 7 heteroatoms. The van der Waals surface area contributed by atoms with E-state index in [1.54, 1.807) is 17.9 Å². The highest BCUT2D eigenvalue weighted by molar-refractivity contribution is 6.31. The summed E-state index contributed by atoms with van der Waals surface area (Å²) in [5, 5.41) is 17.5. The molecule has 0 saturated carbocycles. The van der Waals surface area contributed by atoms with Crippen LogP contribution in [-0.4, -0.2) is 39.8 Å². The third kappa shape index (κ3) is 3.80. The first-order chi connectivity index (χ1) is 10.1. The molecule has 0 fully saturated rings. The molecule has 0 bridgehead atoms. The number of methoxy groups -OCH3 is 1. The van der Waals surface area contributed by atoms with E-state index in [1.807, 2.05) is 18.2 Å². The number of nitrogens with zero attached hydrogens (tertiary/aromatic N) is 3. The van der Waals surface area contributed by atoms with Gasteiger partial charge in [-0.3, -0.25) is 0 Å². The molecule has 21 heavy (non-hydrogen) atoms. The molecule has 1 aromatic carbocycles. The molecule has 0 aliphatic heterocycles. The topological polar surface area (TPSA) is 77.2 Å². The molecule has 0 radical (unpaired) electrons. The number of aromatic nitrogens is 3. The van der Waals surface area contributed by atoms with Gasteiger partial charge in [0.05, 0.1) is 5.69 Å². The second-order valence-corrected chi connectivity index (χ2v) is 4.93. The summed E-state index contributed by atoms with van der Waals surface area (Å²) in [6.45, 7) is 1.13. The lowest BCUT2D eigenvalue weighted by Gasteiger charge is -2.08. The Morgan fingerprint density at radius 3 is 2.86 bits per heavy atom. The largest absolute Gasteiger partial charge is 0.476 e. The normalized spacial score (nSPS) is 10.8. The van der Waals surface area contributed by atoms with Crippen LogP contribution in [0, 0.1) is 0 Å². The number of rotatable bonds is 7. The number of carboxylic acid groups (broad SMARTS) is 1. The summed E-state index contributed by atoms with van der Waals surface area (Å²) in [5.74, 6) is -1.09. The van der Waals surface area contributed by atoms with Crippen LogP contribution in [0.25, 0.3) is 0 Å². The van der Waals surface area contributed by atoms with Crippen LogP contribution in [0.3, 0.4) is 0 Å². The van der Waals surface area contributed by atoms with E-state index in [9.17, 15) is 9.90 Å². The Hall–Kier alpha value is -1.92. The number of carbonyl (C=O) groups is 1. The van der Waals surface area contributed by atoms with E-state index in [0.29, 0.717) is 30.3 Å². The van der Waals surface area contributed by atoms with Gasteiger partial charge < -0.3 is 9.84 Å². The minimum Gasteiger partial charge on any atom is -0.476 e. The van der Waals surface area contributed by atoms with E-state index in [0.717, 1.165) is 12.0 Å². The van der Waals surface area contributed by atoms with Crippen molar-refractivity contribution in [1.82, 2.24) is 15.0 Å². The Balaban J connectivity index is 2.28. The molecule has 0 aliphatic rings. The smallest absolute Gasteiger partial charge is 0.358 e. The lowest BCUT2D eigenvalue weighted by Crippen LogP contribution is -2.10. The van der Waals surface area contributed by atoms with E-state index in [-0.39, 0.29) is 5.69 Å². The van der Waals surface area contributed by atoms with Crippen molar-refractivity contribution in [3.63, 3.8) is 0 Å². The van der Waals surface area contributed by atoms with Crippen molar-refractivity contribution in [3.05, 3.63) is 46.2 Å². The van der Waals surface area contributed by atoms with E-state index < -0.39 is 5.97 Å². The van der Waals surface area contributed by atoms with Crippen LogP contribution >= 0.6 is 11.6 Å². The van der Waals surface area contributed by atoms with Gasteiger partial charge in [-0.2, -0.15) is 0 Å². The van der Waals surface area contributed by atoms with Gasteiger partial charge in [-0.1, -0.05) is 35.0 Å². The highest BCUT2D eigenvalue weighted by Crippen LogP contribution is 2.20. The van der Waals surface area contributed by atoms with Gasteiger partial charge in [-0.15, -0.1) is 5.10 Å². The zero-order valence-corrected chi connectivity index (χ0v) is 12.4. The number of carboxylic acids is 1. The third-order valence-corrected chi connectivity index (χ3v) is 3.44. The monoisotopic (exact) mass is 309 g/mol. The van der Waals surface area contributed by atoms with E-state index in [1.165, 1.54) is 0 Å². The first-order valence-corrected chi connectivity index (χ1v) is 6.89. The predicted molar refractivity (Wildman–Crippen MR) is 77.7 cm³/mol. The summed E-state index contributed by atoms with van der Waals surface area (Å²) in [4.78, 5) is 11.3. The maximum absolute atomic E-state index is 11.3. The fraction of sp³-hybridized carbons (Fsp3) is 0.357. The summed E-state index contributed by atoms with van der Waals surface area (Å²) in [7, 11) is 1.62. The van der Waals surface area contributed by atoms with Gasteiger partial charge in [-0.05, 0) is 18.1 Å². The fourth-order valence-corrected chi connectivity index (χ4v) is 2.24. The number of halogens is 1. The Morgan fingerprint density at radius 2 is 2.19 bits per heavy atom. The van der Waals surface area contributed by atoms with Gasteiger partial charge in [0.2, 0.25) is 0 Å². The molecular weight excluding hydrogens is 294 g/mol. The Bertz CT molecular complexity index is 628. The molecule has 1 N–H and O–H groups in total. The predicted octanol–water partition coefficient (Wildman–Crippen LogP) is 2.26. The third-order valence-electron chi connectivity index (χ3n) is 3.07. The van der Waals surface area contributed by atoms with Gasteiger partial charge >= 0.3 is 5.97 Å². The van der Waals surface area contributed by atoms with E-state index in [4.69, 9.17) is 16.3 Å². The molecule has 2 aromatic rings. The molecule has 0 aliphatic carbocycles. The van der Waals surface area contributed by atoms with Crippen LogP contribution in [0.1, 0.15) is 28.2 Å². The second-order valence-electron chi connectivity index (χ2n) is 4.53. The molecule has 112 valence electrons. The second kappa shape index (κ2) is 7.19. The van der Waals surface area contributed by atoms with Gasteiger partial charge in [0.1, 0.15) is 0 Å². The lowest BCUT2D eigenvalue weighted by molar-refractivity contribution is 0.0689. The number of aryl methyl sites for hydroxylation is 1. The molecular formula is C14H16ClN3O3. The Labute approximate surface area is 127 Å². The van der Waals surface area contributed by atoms with Crippen molar-refractivity contribution >= 4 is 17.6 Å². The first-order valence-electron chi connectivity index (χ1n) is 6.51. The zero-order valence-electron chi connectivity index (χ0n) is 11.6. The van der Waals surface area contributed by atoms with Crippen LogP contribution in [-0.2, 0) is 17.7 Å². The summed E-state index contributed by atoms with van der Waals surface area (Å²) in [6.07, 6.45) is 1.11. The maximum atomic E-state index is 11.3. The molecule has 6 nitrogen and oxygen atoms in total. The number of hydrogen-bond acceptors (Lipinski definition) is 4. The Morgan fingerprint density at radius 1 is 1.43 bits per heavy atom. The average molecular weight is 310 g/mol. The average Bonchev–Trinajstić information content (AvgIpc) is 2.85. The van der Waals surface area contributed by atoms with Crippen molar-refractivity contribution in [3.8, 4) is 0 Å². The quantitative estimate of drug-likeness (QED) is 0.794. The number of ether oxygens (including phenoxy) is 1. The van der Waals surface area contributed by atoms with Crippen molar-refractivity contribution in [2.45, 2.75) is 19.4 Å². The van der Waals surface area contributed by atoms with Crippen molar-refractivity contribution in [2.24, 2.45) is 0 Å². The van der Waals surface area contributed by atoms with Crippen LogP contribution < -0.4 is 0 Å². The standard InChI is InChI=1S/C14H16ClN3O3/c1-21-8-4-7-18-12(13(14(19)20)16-17-18)9-10-5-2-3-6-11(10)15/h2-3,5-6H,4,7-9H2,1H3,(H,19,20). The van der Waals surface area contributed by atoms with E-state index in [2.05, 4.69) is 10.3 Å². The minimum absolute atomic E-state index is 0.0349. The molecule has 0 unspecified atom stereocenters. The van der Waals surface area contributed by atoms with Crippen LogP contribution in [0.15, 0.2) is 24.3 Å². The van der Waals surface area contributed by atoms with Crippen molar-refractivity contribution in [1.29, 1.82) is 0 Å². The highest BCUT2D eigenvalue weighted by atomic mass is 35.5. The van der Waals surface area contributed by atoms with E-state index >= 15 is 0 Å². The molecule has 1 heterocycles. The molecule has 0 saturated heterocycles. The van der Waals surface area contributed by atoms with Gasteiger partial charge in [0, 0.05) is 31.7 Å². The highest BCUT2D eigenvalue weighted by Gasteiger charge is 2.19. The Kier molecular flexibility index (Phi) is 5.30. The van der Waals surface area contributed by atoms with Gasteiger partial charge in [0.25, 0.3) is 0 Å². The van der Waals surface area contributed by atoms with Crippen LogP contribution in [0.2, 0.25) is 5.02 Å². The minimum atomic E-state index is -1.09. The van der Waals surface area contributed by atoms with Crippen molar-refractivity contribution in [2.75, 3.05) is 13.7 Å². The number of benzene rings is 1. The summed E-state index contributed by atoms with van der Waals surface area (Å²) < 4.78 is 6.60. The first kappa shape index (κ1) is 15.5. The van der Waals surface area contributed by atoms with Crippen molar-refractivity contribution < 1.29 is 14.6 Å². The fourth-order valence-electron chi connectivity index (χ4n) is 2.03. The van der Waals surface area contributed by atoms with Gasteiger partial charge in [-0.25, -0.2) is 9.48 Å². The number of aromatic carboxylic acids is 1. The summed E-state index contributed by atoms with van der Waals surface area (Å²) in [5.41, 5.74) is 1.36. The molecule has 0 amide bonds. The zero-order chi connectivity index (χ0) is 15.2. The van der Waals surface area contributed by atoms with Crippen LogP contribution in [0.4, 0.5) is 0 Å². The number of hydrogen-bond donors (Lipinski definition) is 1. The lowest BCUT2D eigenvalue weighted by atomic mass is 10.1. The van der Waals surface area contributed by atoms with Crippen LogP contribution in [0.5, 0.6) is 0 Å². The molecule has 2 rings (SSSR count). The summed E-state index contributed by atoms with van der Waals surface area (Å²) in [6, 6.07) is 7.33. The van der Waals surface area contributed by atoms with Gasteiger partial charge in [0.15, 0.2) is 5.69 Å². The maximum Gasteiger partial charge on any atom is 0.358 e. The molecule has 0 atom stereocenters. The summed E-state index contributed by atoms with van der Waals surface area (Å²) >= 11 is 6.13. The molecule has 0 spiro atoms. The SMILES string of the molecule is COCCCn1nnc(C(=O)O)c1Cc1ccccc1Cl. The molecule has 1 aromatic heterocycles.